The first kappa shape index (κ1) is 19.5. The fourth-order valence-electron chi connectivity index (χ4n) is 5.99. The van der Waals surface area contributed by atoms with Gasteiger partial charge in [0.25, 0.3) is 0 Å². The van der Waals surface area contributed by atoms with Gasteiger partial charge in [-0.15, -0.1) is 0 Å². The van der Waals surface area contributed by atoms with Crippen LogP contribution in [0.25, 0.3) is 5.57 Å². The van der Waals surface area contributed by atoms with Gasteiger partial charge in [-0.05, 0) is 66.3 Å². The van der Waals surface area contributed by atoms with Gasteiger partial charge in [0.05, 0.1) is 29.0 Å². The fourth-order valence-corrected chi connectivity index (χ4v) is 5.99. The average Bonchev–Trinajstić information content (AvgIpc) is 3.48. The average molecular weight is 433 g/mol. The molecule has 0 aromatic heterocycles. The number of anilines is 2. The molecule has 2 aromatic rings. The number of fused-ring (bicyclic) bond motifs is 9. The van der Waals surface area contributed by atoms with Crippen molar-refractivity contribution in [1.29, 1.82) is 10.5 Å². The van der Waals surface area contributed by atoms with Gasteiger partial charge in [0, 0.05) is 49.0 Å². The van der Waals surface area contributed by atoms with Gasteiger partial charge in [-0.25, -0.2) is 0 Å². The van der Waals surface area contributed by atoms with Crippen LogP contribution in [0.15, 0.2) is 67.8 Å². The summed E-state index contributed by atoms with van der Waals surface area (Å²) in [4.78, 5) is 6.83. The van der Waals surface area contributed by atoms with Crippen molar-refractivity contribution in [2.45, 2.75) is 31.1 Å². The van der Waals surface area contributed by atoms with Gasteiger partial charge < -0.3 is 20.0 Å². The van der Waals surface area contributed by atoms with Gasteiger partial charge in [-0.3, -0.25) is 0 Å². The molecular weight excluding hydrogens is 408 g/mol. The summed E-state index contributed by atoms with van der Waals surface area (Å²) in [6, 6.07) is 16.6. The van der Waals surface area contributed by atoms with Gasteiger partial charge >= 0.3 is 0 Å². The highest BCUT2D eigenvalue weighted by Gasteiger charge is 2.45. The molecule has 6 nitrogen and oxygen atoms in total. The molecule has 0 aliphatic carbocycles. The van der Waals surface area contributed by atoms with Gasteiger partial charge in [0.1, 0.15) is 12.3 Å². The highest BCUT2D eigenvalue weighted by molar-refractivity contribution is 5.82. The summed E-state index contributed by atoms with van der Waals surface area (Å²) in [6.45, 7) is 4.63. The summed E-state index contributed by atoms with van der Waals surface area (Å²) < 4.78 is 0. The molecule has 162 valence electrons. The zero-order chi connectivity index (χ0) is 22.7. The van der Waals surface area contributed by atoms with E-state index in [1.54, 1.807) is 0 Å². The van der Waals surface area contributed by atoms with E-state index in [1.807, 2.05) is 24.4 Å². The van der Waals surface area contributed by atoms with Crippen LogP contribution in [0.4, 0.5) is 11.4 Å². The molecule has 4 atom stereocenters. The molecule has 0 radical (unpaired) electrons. The largest absolute Gasteiger partial charge is 0.369 e. The molecule has 6 rings (SSSR count). The van der Waals surface area contributed by atoms with Crippen molar-refractivity contribution in [3.63, 3.8) is 0 Å². The van der Waals surface area contributed by atoms with E-state index in [4.69, 9.17) is 0 Å². The molecule has 4 heterocycles. The Bertz CT molecular complexity index is 1310. The number of benzene rings is 2. The Balaban J connectivity index is 1.57. The van der Waals surface area contributed by atoms with Crippen LogP contribution >= 0.6 is 0 Å². The van der Waals surface area contributed by atoms with E-state index < -0.39 is 0 Å². The minimum atomic E-state index is 0.0442. The van der Waals surface area contributed by atoms with E-state index in [9.17, 15) is 10.5 Å². The van der Waals surface area contributed by atoms with Crippen LogP contribution in [0.2, 0.25) is 0 Å². The minimum Gasteiger partial charge on any atom is -0.369 e. The summed E-state index contributed by atoms with van der Waals surface area (Å²) in [5, 5.41) is 22.8. The molecule has 33 heavy (non-hydrogen) atoms. The maximum Gasteiger partial charge on any atom is 0.110 e. The monoisotopic (exact) mass is 432 g/mol. The molecule has 0 saturated carbocycles. The normalized spacial score (nSPS) is 26.5. The van der Waals surface area contributed by atoms with Crippen molar-refractivity contribution in [2.24, 2.45) is 5.92 Å². The zero-order valence-electron chi connectivity index (χ0n) is 18.4. The first-order chi connectivity index (χ1) is 16.1. The lowest BCUT2D eigenvalue weighted by molar-refractivity contribution is 0.302. The Labute approximate surface area is 193 Å². The van der Waals surface area contributed by atoms with Crippen molar-refractivity contribution in [3.05, 3.63) is 90.0 Å². The third-order valence-corrected chi connectivity index (χ3v) is 7.55. The second-order valence-electron chi connectivity index (χ2n) is 9.15. The van der Waals surface area contributed by atoms with Crippen LogP contribution in [0.3, 0.4) is 0 Å². The predicted octanol–water partition coefficient (Wildman–Crippen LogP) is 4.41. The lowest BCUT2D eigenvalue weighted by Gasteiger charge is -2.45. The number of nitriles is 2. The molecule has 1 N–H and O–H groups in total. The first-order valence-electron chi connectivity index (χ1n) is 11.3. The molecule has 0 fully saturated rings. The first-order valence-corrected chi connectivity index (χ1v) is 11.3. The van der Waals surface area contributed by atoms with Crippen LogP contribution < -0.4 is 15.1 Å². The molecule has 4 aliphatic heterocycles. The van der Waals surface area contributed by atoms with Crippen LogP contribution in [-0.2, 0) is 0 Å². The van der Waals surface area contributed by atoms with E-state index in [0.29, 0.717) is 11.1 Å². The number of hydrogen-bond donors (Lipinski definition) is 1. The van der Waals surface area contributed by atoms with Crippen LogP contribution in [0.5, 0.6) is 0 Å². The second kappa shape index (κ2) is 7.18. The molecule has 0 saturated heterocycles. The molecule has 6 heteroatoms. The number of hydrogen-bond acceptors (Lipinski definition) is 6. The third-order valence-electron chi connectivity index (χ3n) is 7.55. The minimum absolute atomic E-state index is 0.0442. The summed E-state index contributed by atoms with van der Waals surface area (Å²) in [6.07, 6.45) is 10.5. The summed E-state index contributed by atoms with van der Waals surface area (Å²) in [5.41, 5.74) is 6.79. The molecule has 0 spiro atoms. The number of nitrogens with one attached hydrogen (secondary N) is 1. The molecule has 0 amide bonds. The van der Waals surface area contributed by atoms with Crippen molar-refractivity contribution in [2.75, 3.05) is 16.8 Å². The summed E-state index contributed by atoms with van der Waals surface area (Å²) in [5.74, 6) is 0.283. The highest BCUT2D eigenvalue weighted by atomic mass is 15.4. The van der Waals surface area contributed by atoms with Crippen LogP contribution in [0, 0.1) is 28.6 Å². The quantitative estimate of drug-likeness (QED) is 0.665. The van der Waals surface area contributed by atoms with E-state index >= 15 is 0 Å². The fraction of sp³-hybridized carbons (Fsp3) is 0.259. The zero-order valence-corrected chi connectivity index (χ0v) is 18.4. The summed E-state index contributed by atoms with van der Waals surface area (Å²) >= 11 is 0. The lowest BCUT2D eigenvalue weighted by Crippen LogP contribution is -2.48. The van der Waals surface area contributed by atoms with Crippen LogP contribution in [0.1, 0.15) is 41.0 Å². The molecular formula is C27H24N6. The Hall–Kier alpha value is -4.16. The Morgan fingerprint density at radius 3 is 2.48 bits per heavy atom. The lowest BCUT2D eigenvalue weighted by atomic mass is 9.71. The van der Waals surface area contributed by atoms with E-state index in [2.05, 4.69) is 82.6 Å². The van der Waals surface area contributed by atoms with Crippen LogP contribution in [-0.4, -0.2) is 24.3 Å². The van der Waals surface area contributed by atoms with Gasteiger partial charge in [-0.1, -0.05) is 6.58 Å². The molecule has 4 aliphatic rings. The van der Waals surface area contributed by atoms with Crippen molar-refractivity contribution in [1.82, 2.24) is 10.2 Å². The van der Waals surface area contributed by atoms with Gasteiger partial charge in [0.15, 0.2) is 0 Å². The maximum absolute atomic E-state index is 9.63. The standard InChI is InChI=1S/C27H24N6/c1-17-21-13-18(15-28)3-6-23(21)32-12-11-31(2)25(32)8-5-20-22-14-19(16-29)4-7-24(22)33-10-9-30-27(33)26(17)20/h3-4,6-7,9-14,20,25-27,30H,1,5,8H2,2H3. The van der Waals surface area contributed by atoms with Crippen molar-refractivity contribution >= 4 is 16.9 Å². The Kier molecular flexibility index (Phi) is 4.25. The summed E-state index contributed by atoms with van der Waals surface area (Å²) in [7, 11) is 2.11. The number of rotatable bonds is 0. The van der Waals surface area contributed by atoms with E-state index in [1.165, 1.54) is 5.56 Å². The highest BCUT2D eigenvalue weighted by Crippen LogP contribution is 2.52. The maximum atomic E-state index is 9.63. The third kappa shape index (κ3) is 2.78. The molecule has 4 unspecified atom stereocenters. The van der Waals surface area contributed by atoms with E-state index in [0.717, 1.165) is 35.4 Å². The second-order valence-corrected chi connectivity index (χ2v) is 9.15. The number of nitrogens with zero attached hydrogens (tertiary/aromatic N) is 5. The molecule has 0 bridgehead atoms. The molecule has 2 aromatic carbocycles. The van der Waals surface area contributed by atoms with Gasteiger partial charge in [0.2, 0.25) is 0 Å². The van der Waals surface area contributed by atoms with Crippen molar-refractivity contribution in [3.8, 4) is 12.1 Å². The topological polar surface area (TPSA) is 69.3 Å². The Morgan fingerprint density at radius 1 is 0.939 bits per heavy atom. The van der Waals surface area contributed by atoms with Gasteiger partial charge in [-0.2, -0.15) is 10.5 Å². The Morgan fingerprint density at radius 2 is 1.70 bits per heavy atom. The van der Waals surface area contributed by atoms with Crippen molar-refractivity contribution < 1.29 is 0 Å². The SMILES string of the molecule is C=C1c2cc(C#N)ccc2N2C=CN(C)C2CCC2c3cc(C#N)ccc3N3C=CNC3C12. The predicted molar refractivity (Wildman–Crippen MR) is 129 cm³/mol. The smallest absolute Gasteiger partial charge is 0.110 e. The van der Waals surface area contributed by atoms with E-state index in [-0.39, 0.29) is 24.2 Å².